The number of nitrogens with one attached hydrogen (secondary N) is 1. The van der Waals surface area contributed by atoms with Crippen LogP contribution in [0.15, 0.2) is 4.52 Å². The van der Waals surface area contributed by atoms with Crippen molar-refractivity contribution >= 4 is 0 Å². The second-order valence-corrected chi connectivity index (χ2v) is 3.33. The summed E-state index contributed by atoms with van der Waals surface area (Å²) in [4.78, 5) is 4.14. The van der Waals surface area contributed by atoms with Crippen LogP contribution in [-0.4, -0.2) is 35.0 Å². The maximum Gasteiger partial charge on any atom is 0.243 e. The van der Waals surface area contributed by atoms with Gasteiger partial charge in [0.05, 0.1) is 12.1 Å². The van der Waals surface area contributed by atoms with Gasteiger partial charge in [0.25, 0.3) is 0 Å². The number of rotatable bonds is 3. The third kappa shape index (κ3) is 1.92. The Hall–Kier alpha value is -0.980. The fraction of sp³-hybridized carbons (Fsp3) is 0.750. The van der Waals surface area contributed by atoms with E-state index in [-0.39, 0.29) is 12.1 Å². The van der Waals surface area contributed by atoms with E-state index in [2.05, 4.69) is 15.5 Å². The van der Waals surface area contributed by atoms with Gasteiger partial charge in [-0.25, -0.2) is 0 Å². The molecule has 2 heterocycles. The van der Waals surface area contributed by atoms with Crippen molar-refractivity contribution in [3.8, 4) is 0 Å². The van der Waals surface area contributed by atoms with E-state index >= 15 is 0 Å². The van der Waals surface area contributed by atoms with Crippen molar-refractivity contribution in [2.75, 3.05) is 13.7 Å². The second-order valence-electron chi connectivity index (χ2n) is 3.33. The van der Waals surface area contributed by atoms with Crippen molar-refractivity contribution < 1.29 is 14.4 Å². The Morgan fingerprint density at radius 2 is 2.57 bits per heavy atom. The largest absolute Gasteiger partial charge is 0.392 e. The van der Waals surface area contributed by atoms with Crippen LogP contribution in [0, 0.1) is 0 Å². The molecule has 6 nitrogen and oxygen atoms in total. The van der Waals surface area contributed by atoms with Crippen molar-refractivity contribution in [3.05, 3.63) is 11.7 Å². The lowest BCUT2D eigenvalue weighted by Gasteiger charge is -2.01. The first-order valence-corrected chi connectivity index (χ1v) is 4.52. The van der Waals surface area contributed by atoms with Crippen molar-refractivity contribution in [1.82, 2.24) is 15.5 Å². The summed E-state index contributed by atoms with van der Waals surface area (Å²) < 4.78 is 9.90. The minimum atomic E-state index is -0.322. The fourth-order valence-corrected chi connectivity index (χ4v) is 1.50. The van der Waals surface area contributed by atoms with E-state index in [4.69, 9.17) is 9.26 Å². The van der Waals surface area contributed by atoms with Crippen LogP contribution in [0.25, 0.3) is 0 Å². The Kier molecular flexibility index (Phi) is 2.76. The Morgan fingerprint density at radius 1 is 1.71 bits per heavy atom. The number of hydrogen-bond donors (Lipinski definition) is 2. The van der Waals surface area contributed by atoms with Gasteiger partial charge in [-0.2, -0.15) is 4.98 Å². The van der Waals surface area contributed by atoms with Gasteiger partial charge in [0.1, 0.15) is 6.61 Å². The molecule has 1 aliphatic heterocycles. The second kappa shape index (κ2) is 4.04. The van der Waals surface area contributed by atoms with E-state index in [1.165, 1.54) is 0 Å². The van der Waals surface area contributed by atoms with Crippen molar-refractivity contribution in [2.45, 2.75) is 25.2 Å². The number of methoxy groups -OCH3 is 1. The van der Waals surface area contributed by atoms with Crippen LogP contribution in [0.1, 0.15) is 24.2 Å². The van der Waals surface area contributed by atoms with Crippen molar-refractivity contribution in [3.63, 3.8) is 0 Å². The van der Waals surface area contributed by atoms with E-state index < -0.39 is 0 Å². The monoisotopic (exact) mass is 199 g/mol. The molecule has 0 radical (unpaired) electrons. The number of aliphatic hydroxyl groups excluding tert-OH is 1. The quantitative estimate of drug-likeness (QED) is 0.690. The summed E-state index contributed by atoms with van der Waals surface area (Å²) in [5.74, 6) is 1.05. The van der Waals surface area contributed by atoms with Crippen LogP contribution in [0.2, 0.25) is 0 Å². The van der Waals surface area contributed by atoms with Crippen LogP contribution in [0.3, 0.4) is 0 Å². The van der Waals surface area contributed by atoms with Gasteiger partial charge in [-0.05, 0) is 6.42 Å². The molecule has 0 saturated carbocycles. The molecule has 1 aromatic heterocycles. The molecule has 6 heteroatoms. The van der Waals surface area contributed by atoms with Crippen LogP contribution in [0.4, 0.5) is 0 Å². The van der Waals surface area contributed by atoms with Gasteiger partial charge < -0.3 is 19.7 Å². The highest BCUT2D eigenvalue weighted by Crippen LogP contribution is 2.21. The van der Waals surface area contributed by atoms with E-state index in [9.17, 15) is 5.11 Å². The Morgan fingerprint density at radius 3 is 3.21 bits per heavy atom. The zero-order chi connectivity index (χ0) is 9.97. The zero-order valence-electron chi connectivity index (χ0n) is 7.93. The van der Waals surface area contributed by atoms with Gasteiger partial charge in [-0.1, -0.05) is 5.16 Å². The van der Waals surface area contributed by atoms with Crippen LogP contribution in [0.5, 0.6) is 0 Å². The summed E-state index contributed by atoms with van der Waals surface area (Å²) >= 11 is 0. The van der Waals surface area contributed by atoms with E-state index in [0.29, 0.717) is 31.3 Å². The van der Waals surface area contributed by atoms with Gasteiger partial charge in [0.2, 0.25) is 5.89 Å². The van der Waals surface area contributed by atoms with E-state index in [1.807, 2.05) is 0 Å². The summed E-state index contributed by atoms with van der Waals surface area (Å²) in [7, 11) is 1.58. The average molecular weight is 199 g/mol. The number of ether oxygens (including phenoxy) is 1. The maximum atomic E-state index is 9.29. The predicted molar refractivity (Wildman–Crippen MR) is 46.4 cm³/mol. The normalized spacial score (nSPS) is 27.0. The molecular weight excluding hydrogens is 186 g/mol. The third-order valence-corrected chi connectivity index (χ3v) is 2.16. The molecule has 1 aromatic rings. The topological polar surface area (TPSA) is 80.4 Å². The van der Waals surface area contributed by atoms with Gasteiger partial charge in [-0.3, -0.25) is 0 Å². The van der Waals surface area contributed by atoms with Gasteiger partial charge in [0, 0.05) is 13.7 Å². The van der Waals surface area contributed by atoms with E-state index in [1.54, 1.807) is 7.11 Å². The van der Waals surface area contributed by atoms with Crippen molar-refractivity contribution in [1.29, 1.82) is 0 Å². The first kappa shape index (κ1) is 9.57. The number of aromatic nitrogens is 2. The molecule has 1 aliphatic rings. The highest BCUT2D eigenvalue weighted by molar-refractivity contribution is 4.96. The molecule has 14 heavy (non-hydrogen) atoms. The Labute approximate surface area is 81.3 Å². The lowest BCUT2D eigenvalue weighted by Crippen LogP contribution is -2.15. The molecule has 2 atom stereocenters. The first-order valence-electron chi connectivity index (χ1n) is 4.52. The molecule has 1 saturated heterocycles. The van der Waals surface area contributed by atoms with Crippen LogP contribution >= 0.6 is 0 Å². The molecular formula is C8H13N3O3. The maximum absolute atomic E-state index is 9.29. The summed E-state index contributed by atoms with van der Waals surface area (Å²) in [6.45, 7) is 0.922. The summed E-state index contributed by atoms with van der Waals surface area (Å²) in [6.07, 6.45) is 0.298. The van der Waals surface area contributed by atoms with Gasteiger partial charge >= 0.3 is 0 Å². The molecule has 78 valence electrons. The lowest BCUT2D eigenvalue weighted by molar-refractivity contribution is 0.174. The zero-order valence-corrected chi connectivity index (χ0v) is 7.93. The highest BCUT2D eigenvalue weighted by atomic mass is 16.5. The lowest BCUT2D eigenvalue weighted by atomic mass is 10.2. The third-order valence-electron chi connectivity index (χ3n) is 2.16. The SMILES string of the molecule is COCc1noc([C@H]2C[C@H](O)CN2)n1. The van der Waals surface area contributed by atoms with Gasteiger partial charge in [0.15, 0.2) is 5.82 Å². The Bertz CT molecular complexity index is 302. The first-order chi connectivity index (χ1) is 6.79. The standard InChI is InChI=1S/C8H13N3O3/c1-13-4-7-10-8(14-11-7)6-2-5(12)3-9-6/h5-6,9,12H,2-4H2,1H3/t5-,6+/m0/s1. The number of aliphatic hydroxyl groups is 1. The molecule has 0 aromatic carbocycles. The number of hydrogen-bond acceptors (Lipinski definition) is 6. The molecule has 0 bridgehead atoms. The Balaban J connectivity index is 2.02. The van der Waals surface area contributed by atoms with Gasteiger partial charge in [-0.15, -0.1) is 0 Å². The summed E-state index contributed by atoms with van der Waals surface area (Å²) in [6, 6.07) is -0.0249. The molecule has 0 spiro atoms. The minimum Gasteiger partial charge on any atom is -0.392 e. The summed E-state index contributed by atoms with van der Waals surface area (Å²) in [5, 5.41) is 16.1. The molecule has 0 amide bonds. The number of β-amino-alcohol motifs (C(OH)–C–C–N with tert-alkyl or cyclic N) is 1. The summed E-state index contributed by atoms with van der Waals surface area (Å²) in [5.41, 5.74) is 0. The average Bonchev–Trinajstić information content (AvgIpc) is 2.74. The fourth-order valence-electron chi connectivity index (χ4n) is 1.50. The molecule has 0 aliphatic carbocycles. The van der Waals surface area contributed by atoms with E-state index in [0.717, 1.165) is 0 Å². The molecule has 1 fully saturated rings. The smallest absolute Gasteiger partial charge is 0.243 e. The van der Waals surface area contributed by atoms with Crippen LogP contribution in [-0.2, 0) is 11.3 Å². The molecule has 0 unspecified atom stereocenters. The molecule has 2 rings (SSSR count). The highest BCUT2D eigenvalue weighted by Gasteiger charge is 2.27. The number of nitrogens with zero attached hydrogens (tertiary/aromatic N) is 2. The van der Waals surface area contributed by atoms with Crippen LogP contribution < -0.4 is 5.32 Å². The minimum absolute atomic E-state index is 0.0249. The molecule has 2 N–H and O–H groups in total. The predicted octanol–water partition coefficient (Wildman–Crippen LogP) is -0.389. The van der Waals surface area contributed by atoms with Crippen molar-refractivity contribution in [2.24, 2.45) is 0 Å².